The topological polar surface area (TPSA) is 55.4 Å². The second-order valence-electron chi connectivity index (χ2n) is 4.56. The SMILES string of the molecule is CCO[C@@H]1C[C@@H](NS(C)(=O)=O)C1(CC)CC. The number of nitrogens with one attached hydrogen (secondary N) is 1. The lowest BCUT2D eigenvalue weighted by atomic mass is 9.59. The highest BCUT2D eigenvalue weighted by molar-refractivity contribution is 7.88. The Bertz CT molecular complexity index is 322. The molecule has 0 amide bonds. The van der Waals surface area contributed by atoms with E-state index >= 15 is 0 Å². The number of ether oxygens (including phenoxy) is 1. The quantitative estimate of drug-likeness (QED) is 0.776. The van der Waals surface area contributed by atoms with Gasteiger partial charge in [0.1, 0.15) is 0 Å². The summed E-state index contributed by atoms with van der Waals surface area (Å²) in [4.78, 5) is 0. The molecule has 1 aliphatic carbocycles. The molecule has 0 unspecified atom stereocenters. The van der Waals surface area contributed by atoms with Crippen molar-refractivity contribution in [2.24, 2.45) is 5.41 Å². The molecule has 1 fully saturated rings. The maximum atomic E-state index is 11.3. The summed E-state index contributed by atoms with van der Waals surface area (Å²) in [6.07, 6.45) is 4.11. The van der Waals surface area contributed by atoms with Crippen LogP contribution in [0.5, 0.6) is 0 Å². The van der Waals surface area contributed by atoms with E-state index in [1.165, 1.54) is 6.26 Å². The first-order chi connectivity index (χ1) is 7.39. The first kappa shape index (κ1) is 13.9. The second kappa shape index (κ2) is 5.02. The van der Waals surface area contributed by atoms with Crippen molar-refractivity contribution in [3.63, 3.8) is 0 Å². The molecule has 1 aliphatic rings. The van der Waals surface area contributed by atoms with Crippen LogP contribution < -0.4 is 4.72 Å². The molecular formula is C11H23NO3S. The largest absolute Gasteiger partial charge is 0.378 e. The molecule has 5 heteroatoms. The van der Waals surface area contributed by atoms with Crippen molar-refractivity contribution in [1.82, 2.24) is 4.72 Å². The fourth-order valence-corrected chi connectivity index (χ4v) is 3.65. The van der Waals surface area contributed by atoms with Gasteiger partial charge in [-0.05, 0) is 26.2 Å². The van der Waals surface area contributed by atoms with Crippen LogP contribution in [0.4, 0.5) is 0 Å². The Morgan fingerprint density at radius 2 is 1.88 bits per heavy atom. The lowest BCUT2D eigenvalue weighted by molar-refractivity contribution is -0.132. The Kier molecular flexibility index (Phi) is 4.37. The molecule has 0 heterocycles. The Labute approximate surface area is 98.8 Å². The number of hydrogen-bond acceptors (Lipinski definition) is 3. The van der Waals surface area contributed by atoms with Gasteiger partial charge < -0.3 is 4.74 Å². The third-order valence-electron chi connectivity index (χ3n) is 3.83. The van der Waals surface area contributed by atoms with E-state index in [0.29, 0.717) is 6.61 Å². The Morgan fingerprint density at radius 3 is 2.25 bits per heavy atom. The third kappa shape index (κ3) is 2.57. The summed E-state index contributed by atoms with van der Waals surface area (Å²) in [5.41, 5.74) is -0.0148. The highest BCUT2D eigenvalue weighted by Gasteiger charge is 2.54. The first-order valence-electron chi connectivity index (χ1n) is 5.98. The van der Waals surface area contributed by atoms with Gasteiger partial charge in [0, 0.05) is 18.1 Å². The van der Waals surface area contributed by atoms with Crippen molar-refractivity contribution in [1.29, 1.82) is 0 Å². The monoisotopic (exact) mass is 249 g/mol. The summed E-state index contributed by atoms with van der Waals surface area (Å²) in [5.74, 6) is 0. The van der Waals surface area contributed by atoms with E-state index in [4.69, 9.17) is 4.74 Å². The summed E-state index contributed by atoms with van der Waals surface area (Å²) in [6.45, 7) is 6.88. The average Bonchev–Trinajstić information content (AvgIpc) is 2.16. The molecular weight excluding hydrogens is 226 g/mol. The molecule has 0 bridgehead atoms. The normalized spacial score (nSPS) is 28.8. The molecule has 0 spiro atoms. The van der Waals surface area contributed by atoms with Crippen LogP contribution in [0.25, 0.3) is 0 Å². The molecule has 0 saturated heterocycles. The highest BCUT2D eigenvalue weighted by Crippen LogP contribution is 2.49. The third-order valence-corrected chi connectivity index (χ3v) is 4.54. The zero-order valence-corrected chi connectivity index (χ0v) is 11.4. The number of hydrogen-bond donors (Lipinski definition) is 1. The Morgan fingerprint density at radius 1 is 1.31 bits per heavy atom. The van der Waals surface area contributed by atoms with E-state index in [-0.39, 0.29) is 17.6 Å². The fraction of sp³-hybridized carbons (Fsp3) is 1.00. The summed E-state index contributed by atoms with van der Waals surface area (Å²) in [5, 5.41) is 0. The summed E-state index contributed by atoms with van der Waals surface area (Å²) >= 11 is 0. The van der Waals surface area contributed by atoms with Crippen LogP contribution in [0.3, 0.4) is 0 Å². The standard InChI is InChI=1S/C11H23NO3S/c1-5-11(6-2)9(12-16(4,13)14)8-10(11)15-7-3/h9-10,12H,5-8H2,1-4H3/t9-,10-/m1/s1. The van der Waals surface area contributed by atoms with Crippen LogP contribution in [-0.2, 0) is 14.8 Å². The van der Waals surface area contributed by atoms with Crippen molar-refractivity contribution in [3.8, 4) is 0 Å². The van der Waals surface area contributed by atoms with Gasteiger partial charge in [0.25, 0.3) is 0 Å². The zero-order valence-electron chi connectivity index (χ0n) is 10.6. The minimum absolute atomic E-state index is 0.0148. The van der Waals surface area contributed by atoms with Crippen LogP contribution in [0.15, 0.2) is 0 Å². The molecule has 0 aliphatic heterocycles. The molecule has 2 atom stereocenters. The van der Waals surface area contributed by atoms with Gasteiger partial charge in [-0.2, -0.15) is 0 Å². The molecule has 4 nitrogen and oxygen atoms in total. The van der Waals surface area contributed by atoms with E-state index in [9.17, 15) is 8.42 Å². The summed E-state index contributed by atoms with van der Waals surface area (Å²) in [7, 11) is -3.12. The smallest absolute Gasteiger partial charge is 0.208 e. The van der Waals surface area contributed by atoms with Gasteiger partial charge in [-0.1, -0.05) is 13.8 Å². The van der Waals surface area contributed by atoms with Crippen LogP contribution in [0, 0.1) is 5.41 Å². The van der Waals surface area contributed by atoms with Crippen LogP contribution in [-0.4, -0.2) is 33.4 Å². The molecule has 1 saturated carbocycles. The molecule has 0 aromatic rings. The second-order valence-corrected chi connectivity index (χ2v) is 6.34. The maximum Gasteiger partial charge on any atom is 0.208 e. The molecule has 0 aromatic heterocycles. The lowest BCUT2D eigenvalue weighted by Crippen LogP contribution is -2.64. The van der Waals surface area contributed by atoms with Crippen LogP contribution in [0.2, 0.25) is 0 Å². The minimum atomic E-state index is -3.12. The van der Waals surface area contributed by atoms with Gasteiger partial charge in [-0.15, -0.1) is 0 Å². The molecule has 0 aromatic carbocycles. The van der Waals surface area contributed by atoms with Gasteiger partial charge in [0.15, 0.2) is 0 Å². The van der Waals surface area contributed by atoms with Crippen molar-refractivity contribution in [2.45, 2.75) is 52.2 Å². The van der Waals surface area contributed by atoms with E-state index < -0.39 is 10.0 Å². The van der Waals surface area contributed by atoms with Crippen LogP contribution >= 0.6 is 0 Å². The number of rotatable bonds is 6. The predicted octanol–water partition coefficient (Wildman–Crippen LogP) is 1.52. The van der Waals surface area contributed by atoms with Crippen molar-refractivity contribution < 1.29 is 13.2 Å². The maximum absolute atomic E-state index is 11.3. The number of sulfonamides is 1. The van der Waals surface area contributed by atoms with E-state index in [2.05, 4.69) is 18.6 Å². The zero-order chi connectivity index (χ0) is 12.4. The lowest BCUT2D eigenvalue weighted by Gasteiger charge is -2.55. The van der Waals surface area contributed by atoms with E-state index in [0.717, 1.165) is 19.3 Å². The van der Waals surface area contributed by atoms with Gasteiger partial charge in [0.05, 0.1) is 12.4 Å². The minimum Gasteiger partial charge on any atom is -0.378 e. The molecule has 1 N–H and O–H groups in total. The molecule has 96 valence electrons. The average molecular weight is 249 g/mol. The Balaban J connectivity index is 2.75. The van der Waals surface area contributed by atoms with Gasteiger partial charge in [-0.25, -0.2) is 13.1 Å². The predicted molar refractivity (Wildman–Crippen MR) is 64.8 cm³/mol. The fourth-order valence-electron chi connectivity index (χ4n) is 2.80. The highest BCUT2D eigenvalue weighted by atomic mass is 32.2. The van der Waals surface area contributed by atoms with Gasteiger partial charge in [0.2, 0.25) is 10.0 Å². The van der Waals surface area contributed by atoms with Crippen molar-refractivity contribution >= 4 is 10.0 Å². The van der Waals surface area contributed by atoms with Crippen molar-refractivity contribution in [3.05, 3.63) is 0 Å². The van der Waals surface area contributed by atoms with E-state index in [1.807, 2.05) is 6.92 Å². The summed E-state index contributed by atoms with van der Waals surface area (Å²) in [6, 6.07) is 0.0362. The van der Waals surface area contributed by atoms with Crippen molar-refractivity contribution in [2.75, 3.05) is 12.9 Å². The van der Waals surface area contributed by atoms with E-state index in [1.54, 1.807) is 0 Å². The molecule has 0 radical (unpaired) electrons. The van der Waals surface area contributed by atoms with Gasteiger partial charge in [-0.3, -0.25) is 0 Å². The first-order valence-corrected chi connectivity index (χ1v) is 7.87. The Hall–Kier alpha value is -0.130. The van der Waals surface area contributed by atoms with Gasteiger partial charge >= 0.3 is 0 Å². The molecule has 1 rings (SSSR count). The van der Waals surface area contributed by atoms with Crippen LogP contribution in [0.1, 0.15) is 40.0 Å². The summed E-state index contributed by atoms with van der Waals surface area (Å²) < 4.78 is 30.9. The molecule has 16 heavy (non-hydrogen) atoms.